The molecule has 230 valence electrons. The molecule has 0 fully saturated rings. The van der Waals surface area contributed by atoms with Gasteiger partial charge in [0.15, 0.2) is 0 Å². The lowest BCUT2D eigenvalue weighted by atomic mass is 9.94. The third-order valence-corrected chi connectivity index (χ3v) is 10.3. The van der Waals surface area contributed by atoms with E-state index in [1.165, 1.54) is 16.7 Å². The highest BCUT2D eigenvalue weighted by Crippen LogP contribution is 2.47. The molecule has 8 aromatic rings. The highest BCUT2D eigenvalue weighted by molar-refractivity contribution is 6.17. The number of para-hydroxylation sites is 1. The normalized spacial score (nSPS) is 11.7. The summed E-state index contributed by atoms with van der Waals surface area (Å²) in [6, 6.07) is 36.1. The Hall–Kier alpha value is -5.68. The fourth-order valence-corrected chi connectivity index (χ4v) is 7.36. The molecule has 0 spiro atoms. The number of hydrogen-bond donors (Lipinski definition) is 1. The number of phenols is 1. The van der Waals surface area contributed by atoms with Crippen LogP contribution in [0.25, 0.3) is 66.5 Å². The van der Waals surface area contributed by atoms with Gasteiger partial charge in [0.1, 0.15) is 11.3 Å². The molecule has 6 aromatic carbocycles. The Labute approximate surface area is 274 Å². The van der Waals surface area contributed by atoms with Crippen LogP contribution in [-0.4, -0.2) is 24.7 Å². The fourth-order valence-electron chi connectivity index (χ4n) is 7.36. The number of aromatic nitrogens is 4. The van der Waals surface area contributed by atoms with Gasteiger partial charge in [-0.25, -0.2) is 4.68 Å². The monoisotopic (exact) mass is 612 g/mol. The van der Waals surface area contributed by atoms with Crippen LogP contribution in [0.4, 0.5) is 0 Å². The lowest BCUT2D eigenvalue weighted by Crippen LogP contribution is -2.06. The van der Waals surface area contributed by atoms with E-state index in [2.05, 4.69) is 128 Å². The first-order valence-electron chi connectivity index (χ1n) is 16.1. The molecule has 0 saturated carbocycles. The minimum Gasteiger partial charge on any atom is -0.507 e. The van der Waals surface area contributed by atoms with Gasteiger partial charge in [0.05, 0.1) is 27.6 Å². The van der Waals surface area contributed by atoms with Crippen molar-refractivity contribution in [2.45, 2.75) is 41.5 Å². The van der Waals surface area contributed by atoms with Gasteiger partial charge in [-0.3, -0.25) is 0 Å². The summed E-state index contributed by atoms with van der Waals surface area (Å²) in [5, 5.41) is 22.9. The molecule has 47 heavy (non-hydrogen) atoms. The number of nitrogens with zero attached hydrogens (tertiary/aromatic N) is 4. The topological polar surface area (TPSA) is 55.9 Å². The van der Waals surface area contributed by atoms with E-state index in [4.69, 9.17) is 0 Å². The van der Waals surface area contributed by atoms with Crippen molar-refractivity contribution in [1.82, 2.24) is 19.6 Å². The second kappa shape index (κ2) is 10.7. The Kier molecular flexibility index (Phi) is 6.55. The Balaban J connectivity index is 1.36. The standard InChI is InChI=1S/C42H36N4O/c1-24-25(2)41-38(42(47)28(24)5)37-29(6)39(46-36-15-11-10-14-35(36)43-44-46)26(3)27(4)40(37)45(41)34-22-20-33(21-23-34)32-18-16-31(17-19-32)30-12-8-7-9-13-30/h7-23,47H,1-6H3. The lowest BCUT2D eigenvalue weighted by molar-refractivity contribution is 0.477. The van der Waals surface area contributed by atoms with Crippen LogP contribution in [0, 0.1) is 41.5 Å². The molecule has 2 heterocycles. The molecule has 0 bridgehead atoms. The molecule has 0 atom stereocenters. The van der Waals surface area contributed by atoms with E-state index in [1.807, 2.05) is 35.9 Å². The van der Waals surface area contributed by atoms with Crippen molar-refractivity contribution in [2.24, 2.45) is 0 Å². The summed E-state index contributed by atoms with van der Waals surface area (Å²) < 4.78 is 4.31. The summed E-state index contributed by atoms with van der Waals surface area (Å²) in [7, 11) is 0. The predicted octanol–water partition coefficient (Wildman–Crippen LogP) is 10.4. The molecule has 0 aliphatic heterocycles. The minimum atomic E-state index is 0.336. The van der Waals surface area contributed by atoms with Crippen LogP contribution in [-0.2, 0) is 0 Å². The quantitative estimate of drug-likeness (QED) is 0.215. The number of phenolic OH excluding ortho intramolecular Hbond substituents is 1. The van der Waals surface area contributed by atoms with E-state index in [0.29, 0.717) is 5.75 Å². The second-order valence-corrected chi connectivity index (χ2v) is 12.7. The van der Waals surface area contributed by atoms with Gasteiger partial charge in [0.25, 0.3) is 0 Å². The van der Waals surface area contributed by atoms with Crippen molar-refractivity contribution >= 4 is 32.8 Å². The molecule has 0 aliphatic carbocycles. The van der Waals surface area contributed by atoms with Crippen LogP contribution in [0.15, 0.2) is 103 Å². The van der Waals surface area contributed by atoms with Gasteiger partial charge in [-0.15, -0.1) is 5.10 Å². The first kappa shape index (κ1) is 28.8. The highest BCUT2D eigenvalue weighted by atomic mass is 16.3. The zero-order valence-corrected chi connectivity index (χ0v) is 27.6. The zero-order valence-electron chi connectivity index (χ0n) is 27.6. The second-order valence-electron chi connectivity index (χ2n) is 12.7. The van der Waals surface area contributed by atoms with Crippen LogP contribution in [0.2, 0.25) is 0 Å². The Bertz CT molecular complexity index is 2500. The number of fused-ring (bicyclic) bond motifs is 4. The van der Waals surface area contributed by atoms with E-state index in [-0.39, 0.29) is 0 Å². The smallest absolute Gasteiger partial charge is 0.128 e. The van der Waals surface area contributed by atoms with E-state index >= 15 is 0 Å². The summed E-state index contributed by atoms with van der Waals surface area (Å²) in [5.41, 5.74) is 17.3. The van der Waals surface area contributed by atoms with Crippen molar-refractivity contribution in [1.29, 1.82) is 0 Å². The molecule has 0 saturated heterocycles. The molecular weight excluding hydrogens is 576 g/mol. The molecule has 0 radical (unpaired) electrons. The first-order chi connectivity index (χ1) is 22.8. The van der Waals surface area contributed by atoms with E-state index in [0.717, 1.165) is 83.2 Å². The molecule has 1 N–H and O–H groups in total. The molecule has 0 amide bonds. The van der Waals surface area contributed by atoms with Gasteiger partial charge in [-0.2, -0.15) is 0 Å². The molecule has 0 unspecified atom stereocenters. The molecular formula is C42H36N4O. The van der Waals surface area contributed by atoms with E-state index in [1.54, 1.807) is 0 Å². The van der Waals surface area contributed by atoms with Crippen LogP contribution < -0.4 is 0 Å². The molecule has 2 aromatic heterocycles. The fraction of sp³-hybridized carbons (Fsp3) is 0.143. The number of aryl methyl sites for hydroxylation is 3. The van der Waals surface area contributed by atoms with Gasteiger partial charge < -0.3 is 9.67 Å². The summed E-state index contributed by atoms with van der Waals surface area (Å²) in [4.78, 5) is 0. The number of aromatic hydroxyl groups is 1. The van der Waals surface area contributed by atoms with Crippen molar-refractivity contribution in [3.8, 4) is 39.4 Å². The van der Waals surface area contributed by atoms with Crippen molar-refractivity contribution in [3.63, 3.8) is 0 Å². The minimum absolute atomic E-state index is 0.336. The van der Waals surface area contributed by atoms with Crippen LogP contribution in [0.3, 0.4) is 0 Å². The maximum Gasteiger partial charge on any atom is 0.128 e. The zero-order chi connectivity index (χ0) is 32.6. The number of hydrogen-bond acceptors (Lipinski definition) is 3. The Morgan fingerprint density at radius 3 is 1.68 bits per heavy atom. The SMILES string of the molecule is Cc1c(C)c(C)c2c(c1O)c1c(C)c(-n3nnc4ccccc43)c(C)c(C)c1n2-c1ccc(-c2ccc(-c3ccccc3)cc2)cc1. The maximum atomic E-state index is 11.8. The molecule has 5 heteroatoms. The summed E-state index contributed by atoms with van der Waals surface area (Å²) in [6.45, 7) is 12.8. The van der Waals surface area contributed by atoms with Crippen LogP contribution in [0.1, 0.15) is 33.4 Å². The van der Waals surface area contributed by atoms with Crippen molar-refractivity contribution < 1.29 is 5.11 Å². The number of benzene rings is 6. The molecule has 8 rings (SSSR count). The molecule has 0 aliphatic rings. The van der Waals surface area contributed by atoms with Crippen molar-refractivity contribution in [2.75, 3.05) is 0 Å². The average Bonchev–Trinajstić information content (AvgIpc) is 3.70. The maximum absolute atomic E-state index is 11.8. The Morgan fingerprint density at radius 2 is 1.02 bits per heavy atom. The van der Waals surface area contributed by atoms with Crippen LogP contribution >= 0.6 is 0 Å². The van der Waals surface area contributed by atoms with E-state index in [9.17, 15) is 5.11 Å². The van der Waals surface area contributed by atoms with Gasteiger partial charge in [-0.1, -0.05) is 84.1 Å². The van der Waals surface area contributed by atoms with Crippen LogP contribution in [0.5, 0.6) is 5.75 Å². The Morgan fingerprint density at radius 1 is 0.489 bits per heavy atom. The van der Waals surface area contributed by atoms with Gasteiger partial charge >= 0.3 is 0 Å². The van der Waals surface area contributed by atoms with Gasteiger partial charge in [0.2, 0.25) is 0 Å². The largest absolute Gasteiger partial charge is 0.507 e. The summed E-state index contributed by atoms with van der Waals surface area (Å²) in [6.07, 6.45) is 0. The highest BCUT2D eigenvalue weighted by Gasteiger charge is 2.27. The average molecular weight is 613 g/mol. The number of rotatable bonds is 4. The predicted molar refractivity (Wildman–Crippen MR) is 194 cm³/mol. The first-order valence-corrected chi connectivity index (χ1v) is 16.1. The summed E-state index contributed by atoms with van der Waals surface area (Å²) in [5.74, 6) is 0.336. The van der Waals surface area contributed by atoms with Gasteiger partial charge in [0, 0.05) is 11.1 Å². The van der Waals surface area contributed by atoms with Gasteiger partial charge in [-0.05, 0) is 121 Å². The third-order valence-electron chi connectivity index (χ3n) is 10.3. The summed E-state index contributed by atoms with van der Waals surface area (Å²) >= 11 is 0. The molecule has 5 nitrogen and oxygen atoms in total. The lowest BCUT2D eigenvalue weighted by Gasteiger charge is -2.17. The van der Waals surface area contributed by atoms with E-state index < -0.39 is 0 Å². The third kappa shape index (κ3) is 4.23. The van der Waals surface area contributed by atoms with Crippen molar-refractivity contribution in [3.05, 3.63) is 137 Å².